The van der Waals surface area contributed by atoms with Crippen LogP contribution in [0.2, 0.25) is 0 Å². The highest BCUT2D eigenvalue weighted by Gasteiger charge is 2.42. The second-order valence-corrected chi connectivity index (χ2v) is 6.76. The molecule has 0 bridgehead atoms. The molecule has 18 heavy (non-hydrogen) atoms. The van der Waals surface area contributed by atoms with Crippen LogP contribution in [-0.2, 0) is 4.79 Å². The van der Waals surface area contributed by atoms with Crippen LogP contribution in [0.4, 0.5) is 0 Å². The number of amides is 1. The lowest BCUT2D eigenvalue weighted by Gasteiger charge is -2.42. The van der Waals surface area contributed by atoms with E-state index in [0.717, 1.165) is 6.54 Å². The van der Waals surface area contributed by atoms with Crippen molar-refractivity contribution in [3.63, 3.8) is 0 Å². The van der Waals surface area contributed by atoms with E-state index in [-0.39, 0.29) is 18.1 Å². The topological polar surface area (TPSA) is 32.3 Å². The van der Waals surface area contributed by atoms with Crippen LogP contribution in [0.25, 0.3) is 0 Å². The Hall–Kier alpha value is -0.870. The van der Waals surface area contributed by atoms with Gasteiger partial charge >= 0.3 is 0 Å². The fourth-order valence-electron chi connectivity index (χ4n) is 3.00. The molecular formula is C14H20N2OS. The van der Waals surface area contributed by atoms with Crippen LogP contribution in [0.15, 0.2) is 16.8 Å². The van der Waals surface area contributed by atoms with Crippen molar-refractivity contribution in [1.82, 2.24) is 10.2 Å². The van der Waals surface area contributed by atoms with Gasteiger partial charge < -0.3 is 4.90 Å². The fraction of sp³-hybridized carbons (Fsp3) is 0.643. The summed E-state index contributed by atoms with van der Waals surface area (Å²) in [6.45, 7) is 5.16. The van der Waals surface area contributed by atoms with Crippen LogP contribution in [0, 0.1) is 5.41 Å². The van der Waals surface area contributed by atoms with Crippen molar-refractivity contribution < 1.29 is 4.79 Å². The molecule has 2 aliphatic rings. The molecule has 1 aliphatic carbocycles. The minimum atomic E-state index is -0.0569. The van der Waals surface area contributed by atoms with Gasteiger partial charge in [0, 0.05) is 6.54 Å². The van der Waals surface area contributed by atoms with Crippen molar-refractivity contribution in [2.75, 3.05) is 6.54 Å². The Morgan fingerprint density at radius 2 is 2.33 bits per heavy atom. The molecule has 1 saturated heterocycles. The van der Waals surface area contributed by atoms with Gasteiger partial charge in [0.25, 0.3) is 0 Å². The summed E-state index contributed by atoms with van der Waals surface area (Å²) in [4.78, 5) is 14.3. The first-order valence-corrected chi connectivity index (χ1v) is 7.62. The first kappa shape index (κ1) is 12.2. The van der Waals surface area contributed by atoms with E-state index in [1.807, 2.05) is 11.8 Å². The third-order valence-corrected chi connectivity index (χ3v) is 5.05. The molecular weight excluding hydrogens is 244 g/mol. The number of rotatable bonds is 3. The summed E-state index contributed by atoms with van der Waals surface area (Å²) in [6, 6.07) is 2.06. The average Bonchev–Trinajstić information content (AvgIpc) is 2.90. The average molecular weight is 264 g/mol. The first-order valence-electron chi connectivity index (χ1n) is 6.68. The molecule has 2 heterocycles. The van der Waals surface area contributed by atoms with Gasteiger partial charge in [-0.2, -0.15) is 11.3 Å². The molecule has 1 aliphatic heterocycles. The predicted molar refractivity (Wildman–Crippen MR) is 73.3 cm³/mol. The number of thiophene rings is 1. The van der Waals surface area contributed by atoms with Crippen molar-refractivity contribution in [3.05, 3.63) is 22.4 Å². The zero-order valence-electron chi connectivity index (χ0n) is 11.0. The molecule has 0 radical (unpaired) electrons. The van der Waals surface area contributed by atoms with E-state index in [1.165, 1.54) is 24.8 Å². The van der Waals surface area contributed by atoms with Crippen LogP contribution in [0.3, 0.4) is 0 Å². The number of nitrogens with one attached hydrogen (secondary N) is 1. The Balaban J connectivity index is 1.81. The lowest BCUT2D eigenvalue weighted by molar-refractivity contribution is -0.132. The highest BCUT2D eigenvalue weighted by Crippen LogP contribution is 2.43. The Kier molecular flexibility index (Phi) is 2.94. The van der Waals surface area contributed by atoms with Crippen molar-refractivity contribution >= 4 is 17.2 Å². The second-order valence-electron chi connectivity index (χ2n) is 5.98. The SMILES string of the molecule is CC1NC(c2ccsc2)N(CC2(C)CCC2)C1=O. The van der Waals surface area contributed by atoms with E-state index in [0.29, 0.717) is 5.41 Å². The summed E-state index contributed by atoms with van der Waals surface area (Å²) >= 11 is 1.69. The summed E-state index contributed by atoms with van der Waals surface area (Å²) in [5, 5.41) is 7.62. The Bertz CT molecular complexity index is 439. The molecule has 3 rings (SSSR count). The Labute approximate surface area is 112 Å². The second kappa shape index (κ2) is 4.35. The maximum absolute atomic E-state index is 12.3. The molecule has 1 saturated carbocycles. The van der Waals surface area contributed by atoms with Gasteiger partial charge in [0.05, 0.1) is 6.04 Å². The first-order chi connectivity index (χ1) is 8.59. The van der Waals surface area contributed by atoms with Crippen molar-refractivity contribution in [3.8, 4) is 0 Å². The smallest absolute Gasteiger partial charge is 0.241 e. The fourth-order valence-corrected chi connectivity index (χ4v) is 3.68. The molecule has 0 aromatic carbocycles. The van der Waals surface area contributed by atoms with Crippen molar-refractivity contribution in [2.24, 2.45) is 5.41 Å². The zero-order chi connectivity index (χ0) is 12.8. The van der Waals surface area contributed by atoms with Crippen LogP contribution in [-0.4, -0.2) is 23.4 Å². The normalized spacial score (nSPS) is 30.6. The van der Waals surface area contributed by atoms with Crippen LogP contribution in [0.1, 0.15) is 44.8 Å². The van der Waals surface area contributed by atoms with E-state index < -0.39 is 0 Å². The van der Waals surface area contributed by atoms with E-state index in [1.54, 1.807) is 11.3 Å². The zero-order valence-corrected chi connectivity index (χ0v) is 11.8. The summed E-state index contributed by atoms with van der Waals surface area (Å²) in [5.74, 6) is 0.249. The molecule has 3 nitrogen and oxygen atoms in total. The minimum absolute atomic E-state index is 0.0569. The van der Waals surface area contributed by atoms with E-state index in [9.17, 15) is 4.79 Å². The Morgan fingerprint density at radius 1 is 1.56 bits per heavy atom. The summed E-state index contributed by atoms with van der Waals surface area (Å²) < 4.78 is 0. The number of nitrogens with zero attached hydrogens (tertiary/aromatic N) is 1. The van der Waals surface area contributed by atoms with Gasteiger partial charge in [-0.1, -0.05) is 13.3 Å². The highest BCUT2D eigenvalue weighted by atomic mass is 32.1. The lowest BCUT2D eigenvalue weighted by Crippen LogP contribution is -2.43. The van der Waals surface area contributed by atoms with Crippen molar-refractivity contribution in [2.45, 2.75) is 45.3 Å². The molecule has 1 amide bonds. The molecule has 1 aromatic heterocycles. The van der Waals surface area contributed by atoms with Crippen LogP contribution < -0.4 is 5.32 Å². The number of hydrogen-bond acceptors (Lipinski definition) is 3. The molecule has 2 atom stereocenters. The monoisotopic (exact) mass is 264 g/mol. The quantitative estimate of drug-likeness (QED) is 0.910. The third-order valence-electron chi connectivity index (χ3n) is 4.34. The molecule has 98 valence electrons. The molecule has 2 fully saturated rings. The van der Waals surface area contributed by atoms with Crippen molar-refractivity contribution in [1.29, 1.82) is 0 Å². The number of carbonyl (C=O) groups excluding carboxylic acids is 1. The molecule has 0 spiro atoms. The predicted octanol–water partition coefficient (Wildman–Crippen LogP) is 2.76. The number of hydrogen-bond donors (Lipinski definition) is 1. The van der Waals surface area contributed by atoms with Crippen LogP contribution >= 0.6 is 11.3 Å². The van der Waals surface area contributed by atoms with Gasteiger partial charge in [-0.15, -0.1) is 0 Å². The highest BCUT2D eigenvalue weighted by molar-refractivity contribution is 7.07. The van der Waals surface area contributed by atoms with E-state index >= 15 is 0 Å². The molecule has 1 N–H and O–H groups in total. The minimum Gasteiger partial charge on any atom is -0.321 e. The Morgan fingerprint density at radius 3 is 2.89 bits per heavy atom. The van der Waals surface area contributed by atoms with E-state index in [2.05, 4.69) is 29.1 Å². The molecule has 2 unspecified atom stereocenters. The molecule has 1 aromatic rings. The standard InChI is InChI=1S/C14H20N2OS/c1-10-13(17)16(9-14(2)5-3-6-14)12(15-10)11-4-7-18-8-11/h4,7-8,10,12,15H,3,5-6,9H2,1-2H3. The molecule has 4 heteroatoms. The van der Waals surface area contributed by atoms with Gasteiger partial charge in [0.1, 0.15) is 6.17 Å². The number of carbonyl (C=O) groups is 1. The van der Waals surface area contributed by atoms with Gasteiger partial charge in [0.2, 0.25) is 5.91 Å². The van der Waals surface area contributed by atoms with Crippen LogP contribution in [0.5, 0.6) is 0 Å². The maximum Gasteiger partial charge on any atom is 0.241 e. The van der Waals surface area contributed by atoms with Gasteiger partial charge in [-0.05, 0) is 47.6 Å². The summed E-state index contributed by atoms with van der Waals surface area (Å²) in [5.41, 5.74) is 1.57. The third kappa shape index (κ3) is 1.97. The largest absolute Gasteiger partial charge is 0.321 e. The van der Waals surface area contributed by atoms with Gasteiger partial charge in [0.15, 0.2) is 0 Å². The van der Waals surface area contributed by atoms with Gasteiger partial charge in [-0.25, -0.2) is 0 Å². The van der Waals surface area contributed by atoms with E-state index in [4.69, 9.17) is 0 Å². The van der Waals surface area contributed by atoms with Gasteiger partial charge in [-0.3, -0.25) is 10.1 Å². The summed E-state index contributed by atoms with van der Waals surface area (Å²) in [6.07, 6.45) is 3.89. The lowest BCUT2D eigenvalue weighted by atomic mass is 9.70. The maximum atomic E-state index is 12.3. The summed E-state index contributed by atoms with van der Waals surface area (Å²) in [7, 11) is 0.